The highest BCUT2D eigenvalue weighted by atomic mass is 35.5. The molecule has 0 aliphatic heterocycles. The smallest absolute Gasteiger partial charge is 0.431 e. The molecule has 1 aromatic carbocycles. The fourth-order valence-corrected chi connectivity index (χ4v) is 2.16. The molecule has 0 saturated heterocycles. The summed E-state index contributed by atoms with van der Waals surface area (Å²) >= 11 is 11.4. The van der Waals surface area contributed by atoms with Gasteiger partial charge in [0.1, 0.15) is 5.69 Å². The van der Waals surface area contributed by atoms with Crippen molar-refractivity contribution in [3.63, 3.8) is 0 Å². The van der Waals surface area contributed by atoms with Crippen molar-refractivity contribution in [1.82, 2.24) is 9.55 Å². The molecule has 11 heteroatoms. The Labute approximate surface area is 134 Å². The summed E-state index contributed by atoms with van der Waals surface area (Å²) in [5.74, 6) is -1.49. The van der Waals surface area contributed by atoms with Gasteiger partial charge in [-0.3, -0.25) is 4.79 Å². The van der Waals surface area contributed by atoms with Crippen molar-refractivity contribution in [1.29, 1.82) is 0 Å². The summed E-state index contributed by atoms with van der Waals surface area (Å²) in [6.07, 6.45) is -4.92. The highest BCUT2D eigenvalue weighted by Crippen LogP contribution is 2.29. The summed E-state index contributed by atoms with van der Waals surface area (Å²) in [6.45, 7) is 0. The van der Waals surface area contributed by atoms with Gasteiger partial charge in [0, 0.05) is 6.07 Å². The molecule has 2 N–H and O–H groups in total. The van der Waals surface area contributed by atoms with Crippen molar-refractivity contribution in [2.24, 2.45) is 0 Å². The molecule has 23 heavy (non-hydrogen) atoms. The Morgan fingerprint density at radius 3 is 2.26 bits per heavy atom. The molecule has 0 fully saturated rings. The quantitative estimate of drug-likeness (QED) is 0.851. The molecule has 2 aromatic rings. The van der Waals surface area contributed by atoms with Gasteiger partial charge in [0.2, 0.25) is 0 Å². The van der Waals surface area contributed by atoms with Gasteiger partial charge in [-0.1, -0.05) is 23.2 Å². The number of aromatic nitrogens is 2. The second kappa shape index (κ2) is 5.74. The zero-order valence-electron chi connectivity index (χ0n) is 10.7. The molecule has 0 aliphatic carbocycles. The Kier molecular flexibility index (Phi) is 4.27. The van der Waals surface area contributed by atoms with Crippen LogP contribution in [0.4, 0.5) is 13.2 Å². The second-order valence-corrected chi connectivity index (χ2v) is 5.04. The zero-order valence-corrected chi connectivity index (χ0v) is 12.3. The molecule has 1 aromatic heterocycles. The zero-order chi connectivity index (χ0) is 17.5. The van der Waals surface area contributed by atoms with Crippen LogP contribution in [0.1, 0.15) is 16.1 Å². The minimum Gasteiger partial charge on any atom is -0.478 e. The SMILES string of the molecule is O=C(O)c1cc(-n2c(=O)cc(C(F)(F)F)[nH]c2=O)cc(Cl)c1Cl. The third kappa shape index (κ3) is 3.25. The Hall–Kier alpha value is -2.26. The van der Waals surface area contributed by atoms with Crippen molar-refractivity contribution >= 4 is 29.2 Å². The summed E-state index contributed by atoms with van der Waals surface area (Å²) in [5, 5.41) is 8.37. The van der Waals surface area contributed by atoms with Gasteiger partial charge in [0.25, 0.3) is 5.56 Å². The number of nitrogens with one attached hydrogen (secondary N) is 1. The first-order chi connectivity index (χ1) is 10.5. The molecular weight excluding hydrogens is 364 g/mol. The van der Waals surface area contributed by atoms with E-state index in [2.05, 4.69) is 0 Å². The Balaban J connectivity index is 2.76. The van der Waals surface area contributed by atoms with Crippen molar-refractivity contribution in [3.8, 4) is 5.69 Å². The molecule has 0 saturated carbocycles. The molecule has 0 aliphatic rings. The molecule has 1 heterocycles. The van der Waals surface area contributed by atoms with Crippen LogP contribution in [-0.4, -0.2) is 20.6 Å². The van der Waals surface area contributed by atoms with E-state index < -0.39 is 34.7 Å². The van der Waals surface area contributed by atoms with E-state index in [9.17, 15) is 27.6 Å². The van der Waals surface area contributed by atoms with Crippen molar-refractivity contribution < 1.29 is 23.1 Å². The molecule has 122 valence electrons. The lowest BCUT2D eigenvalue weighted by molar-refractivity contribution is -0.141. The Bertz CT molecular complexity index is 887. The predicted molar refractivity (Wildman–Crippen MR) is 74.6 cm³/mol. The Morgan fingerprint density at radius 2 is 1.78 bits per heavy atom. The van der Waals surface area contributed by atoms with E-state index in [-0.39, 0.29) is 21.8 Å². The third-order valence-corrected chi connectivity index (χ3v) is 3.54. The van der Waals surface area contributed by atoms with Crippen LogP contribution < -0.4 is 11.2 Å². The van der Waals surface area contributed by atoms with Gasteiger partial charge in [-0.15, -0.1) is 0 Å². The van der Waals surface area contributed by atoms with Crippen molar-refractivity contribution in [2.45, 2.75) is 6.18 Å². The van der Waals surface area contributed by atoms with E-state index >= 15 is 0 Å². The number of carboxylic acid groups (broad SMARTS) is 1. The van der Waals surface area contributed by atoms with Gasteiger partial charge in [0.15, 0.2) is 0 Å². The van der Waals surface area contributed by atoms with Crippen LogP contribution in [0.2, 0.25) is 10.0 Å². The van der Waals surface area contributed by atoms with Gasteiger partial charge in [-0.05, 0) is 12.1 Å². The number of nitrogens with zero attached hydrogens (tertiary/aromatic N) is 1. The maximum Gasteiger partial charge on any atom is 0.431 e. The van der Waals surface area contributed by atoms with Crippen molar-refractivity contribution in [2.75, 3.05) is 0 Å². The molecule has 2 rings (SSSR count). The maximum atomic E-state index is 12.5. The monoisotopic (exact) mass is 368 g/mol. The number of halogens is 5. The Morgan fingerprint density at radius 1 is 1.17 bits per heavy atom. The number of aromatic carboxylic acids is 1. The molecule has 0 amide bonds. The largest absolute Gasteiger partial charge is 0.478 e. The molecule has 0 bridgehead atoms. The lowest BCUT2D eigenvalue weighted by Gasteiger charge is -2.10. The van der Waals surface area contributed by atoms with Gasteiger partial charge < -0.3 is 10.1 Å². The number of hydrogen-bond donors (Lipinski definition) is 2. The minimum atomic E-state index is -4.92. The average Bonchev–Trinajstić information content (AvgIpc) is 2.40. The van der Waals surface area contributed by atoms with Crippen LogP contribution in [0.15, 0.2) is 27.8 Å². The average molecular weight is 369 g/mol. The molecular formula is C12H5Cl2F3N2O4. The number of benzene rings is 1. The maximum absolute atomic E-state index is 12.5. The highest BCUT2D eigenvalue weighted by molar-refractivity contribution is 6.43. The number of carboxylic acids is 1. The van der Waals surface area contributed by atoms with E-state index in [1.807, 2.05) is 0 Å². The molecule has 6 nitrogen and oxygen atoms in total. The molecule has 0 spiro atoms. The molecule has 0 atom stereocenters. The van der Waals surface area contributed by atoms with E-state index in [0.29, 0.717) is 4.57 Å². The van der Waals surface area contributed by atoms with Gasteiger partial charge >= 0.3 is 17.8 Å². The van der Waals surface area contributed by atoms with Gasteiger partial charge in [-0.25, -0.2) is 14.2 Å². The number of alkyl halides is 3. The van der Waals surface area contributed by atoms with Crippen LogP contribution in [0.5, 0.6) is 0 Å². The van der Waals surface area contributed by atoms with Crippen LogP contribution >= 0.6 is 23.2 Å². The van der Waals surface area contributed by atoms with Gasteiger partial charge in [0.05, 0.1) is 21.3 Å². The normalized spacial score (nSPS) is 11.5. The van der Waals surface area contributed by atoms with E-state index in [1.165, 1.54) is 4.98 Å². The van der Waals surface area contributed by atoms with Crippen LogP contribution in [-0.2, 0) is 6.18 Å². The van der Waals surface area contributed by atoms with Crippen molar-refractivity contribution in [3.05, 3.63) is 60.3 Å². The number of rotatable bonds is 2. The number of hydrogen-bond acceptors (Lipinski definition) is 3. The summed E-state index contributed by atoms with van der Waals surface area (Å²) < 4.78 is 37.9. The van der Waals surface area contributed by atoms with E-state index in [1.54, 1.807) is 0 Å². The summed E-state index contributed by atoms with van der Waals surface area (Å²) in [7, 11) is 0. The summed E-state index contributed by atoms with van der Waals surface area (Å²) in [4.78, 5) is 36.1. The number of carbonyl (C=O) groups is 1. The molecule has 0 radical (unpaired) electrons. The fraction of sp³-hybridized carbons (Fsp3) is 0.0833. The van der Waals surface area contributed by atoms with Crippen LogP contribution in [0.3, 0.4) is 0 Å². The predicted octanol–water partition coefficient (Wildman–Crippen LogP) is 2.55. The summed E-state index contributed by atoms with van der Waals surface area (Å²) in [6, 6.07) is 2.00. The second-order valence-electron chi connectivity index (χ2n) is 4.25. The van der Waals surface area contributed by atoms with Gasteiger partial charge in [-0.2, -0.15) is 13.2 Å². The highest BCUT2D eigenvalue weighted by Gasteiger charge is 2.33. The first-order valence-corrected chi connectivity index (χ1v) is 6.44. The number of H-pyrrole nitrogens is 1. The van der Waals surface area contributed by atoms with E-state index in [4.69, 9.17) is 28.3 Å². The first kappa shape index (κ1) is 17.1. The fourth-order valence-electron chi connectivity index (χ4n) is 1.75. The topological polar surface area (TPSA) is 92.2 Å². The number of aromatic amines is 1. The van der Waals surface area contributed by atoms with E-state index in [0.717, 1.165) is 12.1 Å². The lowest BCUT2D eigenvalue weighted by Crippen LogP contribution is -2.35. The van der Waals surface area contributed by atoms with Crippen LogP contribution in [0.25, 0.3) is 5.69 Å². The molecule has 0 unspecified atom stereocenters. The van der Waals surface area contributed by atoms with Crippen LogP contribution in [0, 0.1) is 0 Å². The minimum absolute atomic E-state index is 0.171. The summed E-state index contributed by atoms with van der Waals surface area (Å²) in [5.41, 5.74) is -5.09. The third-order valence-electron chi connectivity index (χ3n) is 2.74. The standard InChI is InChI=1S/C12H5Cl2F3N2O4/c13-6-2-4(1-5(9(6)14)10(21)22)19-8(20)3-7(12(15,16)17)18-11(19)23/h1-3H,(H,18,23)(H,21,22). The lowest BCUT2D eigenvalue weighted by atomic mass is 10.2. The first-order valence-electron chi connectivity index (χ1n) is 5.68.